The quantitative estimate of drug-likeness (QED) is 0.444. The number of aromatic nitrogens is 1. The minimum Gasteiger partial charge on any atom is -0.490 e. The molecule has 0 spiro atoms. The van der Waals surface area contributed by atoms with Crippen LogP contribution >= 0.6 is 0 Å². The summed E-state index contributed by atoms with van der Waals surface area (Å²) in [7, 11) is 4.09. The van der Waals surface area contributed by atoms with Gasteiger partial charge in [0.25, 0.3) is 5.91 Å². The maximum atomic E-state index is 12.7. The molecule has 192 valence electrons. The topological polar surface area (TPSA) is 70.8 Å². The van der Waals surface area contributed by atoms with Gasteiger partial charge < -0.3 is 19.5 Å². The van der Waals surface area contributed by atoms with Gasteiger partial charge in [-0.3, -0.25) is 9.69 Å². The molecule has 1 aliphatic heterocycles. The van der Waals surface area contributed by atoms with E-state index in [4.69, 9.17) is 9.26 Å². The fourth-order valence-electron chi connectivity index (χ4n) is 4.78. The fourth-order valence-corrected chi connectivity index (χ4v) is 4.78. The van der Waals surface area contributed by atoms with Gasteiger partial charge in [-0.1, -0.05) is 55.4 Å². The number of hydrogen-bond acceptors (Lipinski definition) is 6. The van der Waals surface area contributed by atoms with Crippen LogP contribution in [0.3, 0.4) is 0 Å². The zero-order chi connectivity index (χ0) is 25.5. The average Bonchev–Trinajstić information content (AvgIpc) is 3.32. The lowest BCUT2D eigenvalue weighted by Gasteiger charge is -2.31. The summed E-state index contributed by atoms with van der Waals surface area (Å²) < 4.78 is 11.8. The molecule has 1 amide bonds. The zero-order valence-electron chi connectivity index (χ0n) is 21.9. The van der Waals surface area contributed by atoms with E-state index in [2.05, 4.69) is 34.1 Å². The van der Waals surface area contributed by atoms with Crippen LogP contribution in [-0.4, -0.2) is 67.2 Å². The monoisotopic (exact) mass is 490 g/mol. The summed E-state index contributed by atoms with van der Waals surface area (Å²) in [5.74, 6) is 1.48. The van der Waals surface area contributed by atoms with Gasteiger partial charge in [0.1, 0.15) is 11.9 Å². The van der Waals surface area contributed by atoms with E-state index in [1.165, 1.54) is 0 Å². The second-order valence-corrected chi connectivity index (χ2v) is 10.8. The van der Waals surface area contributed by atoms with Crippen LogP contribution in [0.5, 0.6) is 5.75 Å². The third-order valence-corrected chi connectivity index (χ3v) is 6.41. The Kier molecular flexibility index (Phi) is 8.44. The van der Waals surface area contributed by atoms with E-state index in [0.717, 1.165) is 61.8 Å². The van der Waals surface area contributed by atoms with Gasteiger partial charge >= 0.3 is 0 Å². The number of hydrogen-bond donors (Lipinski definition) is 1. The number of nitrogens with one attached hydrogen (secondary N) is 1. The number of ether oxygens (including phenoxy) is 1. The Morgan fingerprint density at radius 3 is 2.58 bits per heavy atom. The van der Waals surface area contributed by atoms with Crippen molar-refractivity contribution in [2.45, 2.75) is 39.3 Å². The minimum atomic E-state index is -0.0652. The second-order valence-electron chi connectivity index (χ2n) is 10.8. The Hall–Kier alpha value is -3.16. The lowest BCUT2D eigenvalue weighted by Crippen LogP contribution is -2.40. The molecule has 0 radical (unpaired) electrons. The Morgan fingerprint density at radius 1 is 1.11 bits per heavy atom. The first-order valence-electron chi connectivity index (χ1n) is 12.7. The lowest BCUT2D eigenvalue weighted by atomic mass is 9.93. The maximum Gasteiger partial charge on any atom is 0.251 e. The van der Waals surface area contributed by atoms with E-state index >= 15 is 0 Å². The van der Waals surface area contributed by atoms with Crippen molar-refractivity contribution in [2.24, 2.45) is 5.41 Å². The van der Waals surface area contributed by atoms with Gasteiger partial charge in [-0.25, -0.2) is 0 Å². The number of piperidine rings is 1. The molecular formula is C29H38N4O3. The molecule has 1 aliphatic rings. The molecule has 3 aromatic rings. The second kappa shape index (κ2) is 11.7. The molecule has 7 nitrogen and oxygen atoms in total. The smallest absolute Gasteiger partial charge is 0.251 e. The summed E-state index contributed by atoms with van der Waals surface area (Å²) in [5, 5.41) is 7.33. The molecule has 2 heterocycles. The van der Waals surface area contributed by atoms with Crippen molar-refractivity contribution in [1.82, 2.24) is 20.3 Å². The van der Waals surface area contributed by atoms with Crippen LogP contribution in [0.15, 0.2) is 65.2 Å². The molecule has 1 N–H and O–H groups in total. The molecule has 7 heteroatoms. The first-order chi connectivity index (χ1) is 17.3. The van der Waals surface area contributed by atoms with Gasteiger partial charge in [0, 0.05) is 49.9 Å². The number of likely N-dealkylation sites (tertiary alicyclic amines) is 1. The average molecular weight is 491 g/mol. The summed E-state index contributed by atoms with van der Waals surface area (Å²) in [5.41, 5.74) is 2.61. The molecule has 2 aromatic carbocycles. The van der Waals surface area contributed by atoms with Crippen molar-refractivity contribution in [3.05, 3.63) is 71.9 Å². The number of carbonyl (C=O) groups is 1. The van der Waals surface area contributed by atoms with Crippen LogP contribution in [0.25, 0.3) is 11.3 Å². The first-order valence-corrected chi connectivity index (χ1v) is 12.7. The Labute approximate surface area is 214 Å². The van der Waals surface area contributed by atoms with Crippen LogP contribution in [0.4, 0.5) is 0 Å². The molecule has 0 unspecified atom stereocenters. The molecule has 0 saturated carbocycles. The highest BCUT2D eigenvalue weighted by molar-refractivity contribution is 5.94. The summed E-state index contributed by atoms with van der Waals surface area (Å²) in [6.45, 7) is 8.46. The Bertz CT molecular complexity index is 1120. The number of amides is 1. The molecule has 0 bridgehead atoms. The molecule has 0 aliphatic carbocycles. The van der Waals surface area contributed by atoms with Crippen LogP contribution in [-0.2, 0) is 6.54 Å². The van der Waals surface area contributed by atoms with E-state index in [0.29, 0.717) is 12.1 Å². The van der Waals surface area contributed by atoms with E-state index in [9.17, 15) is 4.79 Å². The predicted octanol–water partition coefficient (Wildman–Crippen LogP) is 4.70. The third-order valence-electron chi connectivity index (χ3n) is 6.41. The standard InChI is InChI=1S/C29H38N4O3/c1-29(2,21-32(3)4)20-30-28(34)23-11-8-12-26(17-23)35-25-13-15-33(16-14-25)19-24-18-27(36-31-24)22-9-6-5-7-10-22/h5-12,17-18,25H,13-16,19-21H2,1-4H3,(H,30,34). The van der Waals surface area contributed by atoms with E-state index in [1.54, 1.807) is 0 Å². The predicted molar refractivity (Wildman–Crippen MR) is 142 cm³/mol. The first kappa shape index (κ1) is 25.9. The summed E-state index contributed by atoms with van der Waals surface area (Å²) in [6, 6.07) is 19.6. The molecule has 1 aromatic heterocycles. The molecule has 36 heavy (non-hydrogen) atoms. The number of benzene rings is 2. The zero-order valence-corrected chi connectivity index (χ0v) is 21.9. The van der Waals surface area contributed by atoms with Crippen molar-refractivity contribution >= 4 is 5.91 Å². The Morgan fingerprint density at radius 2 is 1.86 bits per heavy atom. The molecule has 4 rings (SSSR count). The van der Waals surface area contributed by atoms with Gasteiger partial charge in [0.2, 0.25) is 0 Å². The highest BCUT2D eigenvalue weighted by atomic mass is 16.5. The largest absolute Gasteiger partial charge is 0.490 e. The normalized spacial score (nSPS) is 15.2. The van der Waals surface area contributed by atoms with Gasteiger partial charge in [-0.05, 0) is 50.6 Å². The van der Waals surface area contributed by atoms with Gasteiger partial charge in [0.15, 0.2) is 5.76 Å². The highest BCUT2D eigenvalue weighted by Gasteiger charge is 2.23. The highest BCUT2D eigenvalue weighted by Crippen LogP contribution is 2.24. The van der Waals surface area contributed by atoms with Gasteiger partial charge in [-0.2, -0.15) is 0 Å². The van der Waals surface area contributed by atoms with Crippen molar-refractivity contribution in [3.63, 3.8) is 0 Å². The number of nitrogens with zero attached hydrogens (tertiary/aromatic N) is 3. The van der Waals surface area contributed by atoms with Crippen molar-refractivity contribution < 1.29 is 14.1 Å². The molecular weight excluding hydrogens is 452 g/mol. The van der Waals surface area contributed by atoms with Crippen LogP contribution < -0.4 is 10.1 Å². The van der Waals surface area contributed by atoms with Crippen LogP contribution in [0.2, 0.25) is 0 Å². The SMILES string of the molecule is CN(C)CC(C)(C)CNC(=O)c1cccc(OC2CCN(Cc3cc(-c4ccccc4)on3)CC2)c1. The van der Waals surface area contributed by atoms with Crippen LogP contribution in [0, 0.1) is 5.41 Å². The van der Waals surface area contributed by atoms with E-state index in [1.807, 2.05) is 74.8 Å². The number of rotatable bonds is 10. The van der Waals surface area contributed by atoms with Gasteiger partial charge in [-0.15, -0.1) is 0 Å². The number of carbonyl (C=O) groups excluding carboxylic acids is 1. The minimum absolute atomic E-state index is 0.00364. The van der Waals surface area contributed by atoms with E-state index < -0.39 is 0 Å². The summed E-state index contributed by atoms with van der Waals surface area (Å²) >= 11 is 0. The van der Waals surface area contributed by atoms with E-state index in [-0.39, 0.29) is 17.4 Å². The maximum absolute atomic E-state index is 12.7. The molecule has 1 saturated heterocycles. The fraction of sp³-hybridized carbons (Fsp3) is 0.448. The molecule has 0 atom stereocenters. The van der Waals surface area contributed by atoms with Crippen molar-refractivity contribution in [2.75, 3.05) is 40.3 Å². The summed E-state index contributed by atoms with van der Waals surface area (Å²) in [6.07, 6.45) is 1.99. The Balaban J connectivity index is 1.24. The third kappa shape index (κ3) is 7.42. The van der Waals surface area contributed by atoms with Crippen LogP contribution in [0.1, 0.15) is 42.7 Å². The van der Waals surface area contributed by atoms with Crippen molar-refractivity contribution in [1.29, 1.82) is 0 Å². The van der Waals surface area contributed by atoms with Gasteiger partial charge in [0.05, 0.1) is 5.69 Å². The van der Waals surface area contributed by atoms with Crippen molar-refractivity contribution in [3.8, 4) is 17.1 Å². The lowest BCUT2D eigenvalue weighted by molar-refractivity contribution is 0.0916. The molecule has 1 fully saturated rings. The summed E-state index contributed by atoms with van der Waals surface area (Å²) in [4.78, 5) is 17.2.